The molecule has 0 saturated heterocycles. The number of benzene rings is 1. The number of hydrogen-bond acceptors (Lipinski definition) is 3. The number of nitrogens with one attached hydrogen (secondary N) is 1. The topological polar surface area (TPSA) is 46.2 Å². The van der Waals surface area contributed by atoms with Crippen molar-refractivity contribution < 1.29 is 8.42 Å². The predicted octanol–water partition coefficient (Wildman–Crippen LogP) is 1.95. The molecule has 0 bridgehead atoms. The zero-order valence-corrected chi connectivity index (χ0v) is 12.3. The van der Waals surface area contributed by atoms with Crippen LogP contribution in [0.25, 0.3) is 0 Å². The molecule has 3 nitrogen and oxygen atoms in total. The summed E-state index contributed by atoms with van der Waals surface area (Å²) >= 11 is 0. The highest BCUT2D eigenvalue weighted by atomic mass is 32.2. The molecule has 0 aliphatic carbocycles. The van der Waals surface area contributed by atoms with Crippen LogP contribution in [0.1, 0.15) is 24.5 Å². The molecule has 1 rings (SSSR count). The van der Waals surface area contributed by atoms with E-state index in [2.05, 4.69) is 24.4 Å². The molecule has 0 amide bonds. The third-order valence-corrected chi connectivity index (χ3v) is 4.03. The maximum atomic E-state index is 11.2. The van der Waals surface area contributed by atoms with Crippen molar-refractivity contribution >= 4 is 9.84 Å². The highest BCUT2D eigenvalue weighted by Crippen LogP contribution is 2.12. The molecule has 0 aliphatic rings. The van der Waals surface area contributed by atoms with E-state index in [0.29, 0.717) is 6.42 Å². The average Bonchev–Trinajstić information content (AvgIpc) is 2.28. The number of aryl methyl sites for hydroxylation is 1. The smallest absolute Gasteiger partial charge is 0.147 e. The minimum absolute atomic E-state index is 0.228. The lowest BCUT2D eigenvalue weighted by atomic mass is 10.00. The first-order chi connectivity index (χ1) is 8.42. The van der Waals surface area contributed by atoms with Crippen LogP contribution in [0.15, 0.2) is 24.3 Å². The van der Waals surface area contributed by atoms with E-state index in [9.17, 15) is 8.42 Å². The molecule has 0 heterocycles. The fourth-order valence-electron chi connectivity index (χ4n) is 2.03. The molecule has 1 atom stereocenters. The van der Waals surface area contributed by atoms with E-state index in [1.54, 1.807) is 0 Å². The second kappa shape index (κ2) is 6.90. The van der Waals surface area contributed by atoms with Gasteiger partial charge in [0.05, 0.1) is 5.75 Å². The monoisotopic (exact) mass is 269 g/mol. The van der Waals surface area contributed by atoms with Crippen molar-refractivity contribution in [3.63, 3.8) is 0 Å². The van der Waals surface area contributed by atoms with Crippen molar-refractivity contribution in [2.24, 2.45) is 0 Å². The Balaban J connectivity index is 2.66. The highest BCUT2D eigenvalue weighted by Gasteiger charge is 2.12. The summed E-state index contributed by atoms with van der Waals surface area (Å²) in [5.41, 5.74) is 2.55. The number of rotatable bonds is 7. The van der Waals surface area contributed by atoms with E-state index in [0.717, 1.165) is 13.0 Å². The van der Waals surface area contributed by atoms with Gasteiger partial charge in [0.15, 0.2) is 0 Å². The van der Waals surface area contributed by atoms with Crippen LogP contribution in [0, 0.1) is 6.92 Å². The van der Waals surface area contributed by atoms with Gasteiger partial charge < -0.3 is 5.32 Å². The summed E-state index contributed by atoms with van der Waals surface area (Å²) in [7, 11) is -2.88. The van der Waals surface area contributed by atoms with Gasteiger partial charge >= 0.3 is 0 Å². The summed E-state index contributed by atoms with van der Waals surface area (Å²) in [5, 5.41) is 3.37. The Kier molecular flexibility index (Phi) is 5.82. The van der Waals surface area contributed by atoms with E-state index in [4.69, 9.17) is 0 Å². The van der Waals surface area contributed by atoms with Gasteiger partial charge in [-0.15, -0.1) is 0 Å². The molecule has 1 N–H and O–H groups in total. The molecule has 1 aromatic rings. The molecule has 0 radical (unpaired) electrons. The SMILES string of the molecule is CCNC(CCS(C)(=O)=O)Cc1ccccc1C. The minimum atomic E-state index is -2.88. The summed E-state index contributed by atoms with van der Waals surface area (Å²) in [6.45, 7) is 5.00. The Labute approximate surface area is 111 Å². The van der Waals surface area contributed by atoms with Crippen LogP contribution < -0.4 is 5.32 Å². The van der Waals surface area contributed by atoms with Crippen LogP contribution in [0.2, 0.25) is 0 Å². The fourth-order valence-corrected chi connectivity index (χ4v) is 2.74. The van der Waals surface area contributed by atoms with Crippen LogP contribution in [-0.4, -0.2) is 33.0 Å². The molecule has 18 heavy (non-hydrogen) atoms. The second-order valence-electron chi connectivity index (χ2n) is 4.80. The molecule has 0 aromatic heterocycles. The van der Waals surface area contributed by atoms with Gasteiger partial charge in [0.1, 0.15) is 9.84 Å². The number of hydrogen-bond donors (Lipinski definition) is 1. The average molecular weight is 269 g/mol. The van der Waals surface area contributed by atoms with E-state index in [1.807, 2.05) is 19.1 Å². The molecule has 0 saturated carbocycles. The second-order valence-corrected chi connectivity index (χ2v) is 7.06. The molecule has 0 spiro atoms. The van der Waals surface area contributed by atoms with Gasteiger partial charge in [0.25, 0.3) is 0 Å². The summed E-state index contributed by atoms with van der Waals surface area (Å²) in [5.74, 6) is 0.247. The number of sulfone groups is 1. The zero-order chi connectivity index (χ0) is 13.6. The molecular weight excluding hydrogens is 246 g/mol. The highest BCUT2D eigenvalue weighted by molar-refractivity contribution is 7.90. The van der Waals surface area contributed by atoms with Crippen molar-refractivity contribution in [1.29, 1.82) is 0 Å². The molecular formula is C14H23NO2S. The van der Waals surface area contributed by atoms with Crippen LogP contribution in [-0.2, 0) is 16.3 Å². The van der Waals surface area contributed by atoms with Gasteiger partial charge in [-0.25, -0.2) is 8.42 Å². The Bertz CT molecular complexity index is 468. The van der Waals surface area contributed by atoms with E-state index in [-0.39, 0.29) is 11.8 Å². The first-order valence-electron chi connectivity index (χ1n) is 6.38. The van der Waals surface area contributed by atoms with Crippen molar-refractivity contribution in [2.75, 3.05) is 18.6 Å². The Morgan fingerprint density at radius 3 is 2.50 bits per heavy atom. The van der Waals surface area contributed by atoms with Crippen LogP contribution in [0.3, 0.4) is 0 Å². The lowest BCUT2D eigenvalue weighted by Crippen LogP contribution is -2.33. The van der Waals surface area contributed by atoms with Crippen molar-refractivity contribution in [3.8, 4) is 0 Å². The Morgan fingerprint density at radius 2 is 1.94 bits per heavy atom. The lowest BCUT2D eigenvalue weighted by Gasteiger charge is -2.18. The summed E-state index contributed by atoms with van der Waals surface area (Å²) in [4.78, 5) is 0. The van der Waals surface area contributed by atoms with E-state index in [1.165, 1.54) is 17.4 Å². The Morgan fingerprint density at radius 1 is 1.28 bits per heavy atom. The summed E-state index contributed by atoms with van der Waals surface area (Å²) in [6.07, 6.45) is 2.85. The van der Waals surface area contributed by atoms with Crippen molar-refractivity contribution in [1.82, 2.24) is 5.32 Å². The predicted molar refractivity (Wildman–Crippen MR) is 76.7 cm³/mol. The quantitative estimate of drug-likeness (QED) is 0.823. The van der Waals surface area contributed by atoms with Crippen molar-refractivity contribution in [2.45, 2.75) is 32.7 Å². The maximum Gasteiger partial charge on any atom is 0.147 e. The largest absolute Gasteiger partial charge is 0.314 e. The van der Waals surface area contributed by atoms with Crippen molar-refractivity contribution in [3.05, 3.63) is 35.4 Å². The third kappa shape index (κ3) is 5.65. The molecule has 1 aromatic carbocycles. The van der Waals surface area contributed by atoms with Crippen LogP contribution in [0.4, 0.5) is 0 Å². The standard InChI is InChI=1S/C14H23NO2S/c1-4-15-14(9-10-18(3,16)17)11-13-8-6-5-7-12(13)2/h5-8,14-15H,4,9-11H2,1-3H3. The van der Waals surface area contributed by atoms with Gasteiger partial charge in [-0.1, -0.05) is 31.2 Å². The minimum Gasteiger partial charge on any atom is -0.314 e. The number of likely N-dealkylation sites (N-methyl/N-ethyl adjacent to an activating group) is 1. The van der Waals surface area contributed by atoms with Gasteiger partial charge in [0, 0.05) is 12.3 Å². The lowest BCUT2D eigenvalue weighted by molar-refractivity contribution is 0.505. The fraction of sp³-hybridized carbons (Fsp3) is 0.571. The van der Waals surface area contributed by atoms with Gasteiger partial charge in [-0.3, -0.25) is 0 Å². The maximum absolute atomic E-state index is 11.2. The van der Waals surface area contributed by atoms with Crippen LogP contribution in [0.5, 0.6) is 0 Å². The van der Waals surface area contributed by atoms with Gasteiger partial charge in [0.2, 0.25) is 0 Å². The third-order valence-electron chi connectivity index (χ3n) is 3.06. The molecule has 0 aliphatic heterocycles. The Hall–Kier alpha value is -0.870. The normalized spacial score (nSPS) is 13.5. The van der Waals surface area contributed by atoms with Gasteiger partial charge in [-0.05, 0) is 37.4 Å². The molecule has 0 fully saturated rings. The first kappa shape index (κ1) is 15.2. The zero-order valence-electron chi connectivity index (χ0n) is 11.4. The summed E-state index contributed by atoms with van der Waals surface area (Å²) in [6, 6.07) is 8.49. The van der Waals surface area contributed by atoms with E-state index >= 15 is 0 Å². The van der Waals surface area contributed by atoms with E-state index < -0.39 is 9.84 Å². The van der Waals surface area contributed by atoms with Crippen LogP contribution >= 0.6 is 0 Å². The van der Waals surface area contributed by atoms with Gasteiger partial charge in [-0.2, -0.15) is 0 Å². The molecule has 1 unspecified atom stereocenters. The molecule has 102 valence electrons. The summed E-state index contributed by atoms with van der Waals surface area (Å²) < 4.78 is 22.5. The molecule has 4 heteroatoms. The first-order valence-corrected chi connectivity index (χ1v) is 8.44.